The first-order valence-electron chi connectivity index (χ1n) is 5.22. The van der Waals surface area contributed by atoms with Gasteiger partial charge in [-0.15, -0.1) is 0 Å². The van der Waals surface area contributed by atoms with Crippen molar-refractivity contribution >= 4 is 34.3 Å². The molecule has 0 bridgehead atoms. The molecule has 0 heterocycles. The lowest BCUT2D eigenvalue weighted by molar-refractivity contribution is 0.249. The minimum atomic E-state index is -0.129. The van der Waals surface area contributed by atoms with Gasteiger partial charge in [-0.2, -0.15) is 0 Å². The van der Waals surface area contributed by atoms with Gasteiger partial charge in [0.2, 0.25) is 0 Å². The Hall–Kier alpha value is -1.04. The largest absolute Gasteiger partial charge is 0.335 e. The minimum absolute atomic E-state index is 0.129. The van der Waals surface area contributed by atoms with E-state index in [-0.39, 0.29) is 12.1 Å². The van der Waals surface area contributed by atoms with Crippen molar-refractivity contribution in [2.75, 3.05) is 5.32 Å². The summed E-state index contributed by atoms with van der Waals surface area (Å²) in [5.41, 5.74) is 0.829. The van der Waals surface area contributed by atoms with E-state index in [9.17, 15) is 4.79 Å². The fourth-order valence-electron chi connectivity index (χ4n) is 1.65. The van der Waals surface area contributed by atoms with Gasteiger partial charge in [0, 0.05) is 15.3 Å². The molecule has 2 N–H and O–H groups in total. The highest BCUT2D eigenvalue weighted by Gasteiger charge is 2.12. The van der Waals surface area contributed by atoms with Gasteiger partial charge >= 0.3 is 6.03 Å². The lowest BCUT2D eigenvalue weighted by atomic mass is 10.2. The van der Waals surface area contributed by atoms with Crippen molar-refractivity contribution in [3.63, 3.8) is 0 Å². The number of amides is 2. The molecule has 0 atom stereocenters. The summed E-state index contributed by atoms with van der Waals surface area (Å²) in [7, 11) is 0. The molecular weight excluding hydrogens is 315 g/mol. The molecule has 2 amide bonds. The molecule has 0 saturated carbocycles. The molecule has 0 aliphatic heterocycles. The number of benzene rings is 1. The molecule has 0 unspecified atom stereocenters. The van der Waals surface area contributed by atoms with Crippen LogP contribution in [0.3, 0.4) is 0 Å². The van der Waals surface area contributed by atoms with Gasteiger partial charge in [-0.25, -0.2) is 4.79 Å². The maximum atomic E-state index is 11.6. The minimum Gasteiger partial charge on any atom is -0.335 e. The number of halogens is 1. The number of carbonyl (C=O) groups excluding carboxylic acids is 1. The van der Waals surface area contributed by atoms with Crippen molar-refractivity contribution in [1.29, 1.82) is 0 Å². The Labute approximate surface area is 108 Å². The fourth-order valence-corrected chi connectivity index (χ4v) is 2.20. The topological polar surface area (TPSA) is 41.1 Å². The summed E-state index contributed by atoms with van der Waals surface area (Å²) in [5, 5.41) is 5.76. The Morgan fingerprint density at radius 2 is 2.06 bits per heavy atom. The fraction of sp³-hybridized carbons (Fsp3) is 0.250. The van der Waals surface area contributed by atoms with Crippen LogP contribution in [0.5, 0.6) is 0 Å². The van der Waals surface area contributed by atoms with Crippen LogP contribution in [0.15, 0.2) is 36.4 Å². The third kappa shape index (κ3) is 3.23. The highest BCUT2D eigenvalue weighted by molar-refractivity contribution is 14.1. The van der Waals surface area contributed by atoms with Crippen molar-refractivity contribution in [3.8, 4) is 0 Å². The van der Waals surface area contributed by atoms with E-state index in [0.29, 0.717) is 0 Å². The van der Waals surface area contributed by atoms with Crippen molar-refractivity contribution < 1.29 is 4.79 Å². The van der Waals surface area contributed by atoms with Gasteiger partial charge in [0.25, 0.3) is 0 Å². The Bertz CT molecular complexity index is 409. The van der Waals surface area contributed by atoms with Gasteiger partial charge in [-0.3, -0.25) is 0 Å². The van der Waals surface area contributed by atoms with Crippen LogP contribution in [0.4, 0.5) is 10.5 Å². The number of anilines is 1. The number of urea groups is 1. The molecule has 1 aliphatic carbocycles. The predicted octanol–water partition coefficient (Wildman–Crippen LogP) is 3.13. The molecule has 0 spiro atoms. The Kier molecular flexibility index (Phi) is 3.82. The Balaban J connectivity index is 1.87. The van der Waals surface area contributed by atoms with Crippen LogP contribution in [-0.4, -0.2) is 12.1 Å². The lowest BCUT2D eigenvalue weighted by Gasteiger charge is -2.13. The molecule has 0 saturated heterocycles. The highest BCUT2D eigenvalue weighted by atomic mass is 127. The molecule has 16 heavy (non-hydrogen) atoms. The van der Waals surface area contributed by atoms with Gasteiger partial charge in [0.15, 0.2) is 0 Å². The first-order valence-corrected chi connectivity index (χ1v) is 6.30. The zero-order valence-electron chi connectivity index (χ0n) is 8.74. The zero-order chi connectivity index (χ0) is 11.4. The van der Waals surface area contributed by atoms with E-state index >= 15 is 0 Å². The Morgan fingerprint density at radius 3 is 2.75 bits per heavy atom. The molecule has 0 radical (unpaired) electrons. The average Bonchev–Trinajstić information content (AvgIpc) is 2.70. The SMILES string of the molecule is O=C(Nc1cccc(I)c1)NC1CC=CC1. The first kappa shape index (κ1) is 11.4. The van der Waals surface area contributed by atoms with Crippen LogP contribution < -0.4 is 10.6 Å². The smallest absolute Gasteiger partial charge is 0.319 e. The molecule has 2 rings (SSSR count). The van der Waals surface area contributed by atoms with Crippen LogP contribution in [0.2, 0.25) is 0 Å². The third-order valence-corrected chi connectivity index (χ3v) is 3.10. The number of hydrogen-bond acceptors (Lipinski definition) is 1. The second-order valence-electron chi connectivity index (χ2n) is 3.75. The van der Waals surface area contributed by atoms with Crippen molar-refractivity contribution in [3.05, 3.63) is 40.0 Å². The molecule has 84 valence electrons. The number of carbonyl (C=O) groups is 1. The van der Waals surface area contributed by atoms with Gasteiger partial charge in [-0.1, -0.05) is 18.2 Å². The van der Waals surface area contributed by atoms with E-state index in [1.54, 1.807) is 0 Å². The quantitative estimate of drug-likeness (QED) is 0.636. The van der Waals surface area contributed by atoms with Gasteiger partial charge in [0.1, 0.15) is 0 Å². The maximum absolute atomic E-state index is 11.6. The van der Waals surface area contributed by atoms with E-state index in [0.717, 1.165) is 22.1 Å². The standard InChI is InChI=1S/C12H13IN2O/c13-9-4-3-7-11(8-9)15-12(16)14-10-5-1-2-6-10/h1-4,7-8,10H,5-6H2,(H2,14,15,16). The molecule has 1 aliphatic rings. The second kappa shape index (κ2) is 5.34. The van der Waals surface area contributed by atoms with Crippen LogP contribution in [0, 0.1) is 3.57 Å². The average molecular weight is 328 g/mol. The highest BCUT2D eigenvalue weighted by Crippen LogP contribution is 2.13. The molecule has 4 heteroatoms. The van der Waals surface area contributed by atoms with Crippen LogP contribution >= 0.6 is 22.6 Å². The summed E-state index contributed by atoms with van der Waals surface area (Å²) in [5.74, 6) is 0. The number of hydrogen-bond donors (Lipinski definition) is 2. The van der Waals surface area contributed by atoms with Crippen molar-refractivity contribution in [1.82, 2.24) is 5.32 Å². The van der Waals surface area contributed by atoms with Gasteiger partial charge in [0.05, 0.1) is 0 Å². The number of rotatable bonds is 2. The zero-order valence-corrected chi connectivity index (χ0v) is 10.9. The van der Waals surface area contributed by atoms with Gasteiger partial charge in [-0.05, 0) is 53.6 Å². The summed E-state index contributed by atoms with van der Waals surface area (Å²) in [4.78, 5) is 11.6. The predicted molar refractivity (Wildman–Crippen MR) is 73.5 cm³/mol. The first-order chi connectivity index (χ1) is 7.74. The van der Waals surface area contributed by atoms with E-state index < -0.39 is 0 Å². The van der Waals surface area contributed by atoms with Gasteiger partial charge < -0.3 is 10.6 Å². The molecule has 1 aromatic rings. The summed E-state index contributed by atoms with van der Waals surface area (Å²) >= 11 is 2.22. The molecule has 1 aromatic carbocycles. The summed E-state index contributed by atoms with van der Waals surface area (Å²) < 4.78 is 1.11. The maximum Gasteiger partial charge on any atom is 0.319 e. The summed E-state index contributed by atoms with van der Waals surface area (Å²) in [6.07, 6.45) is 6.05. The normalized spacial score (nSPS) is 15.1. The monoisotopic (exact) mass is 328 g/mol. The van der Waals surface area contributed by atoms with Crippen molar-refractivity contribution in [2.24, 2.45) is 0 Å². The second-order valence-corrected chi connectivity index (χ2v) is 4.99. The molecule has 0 aromatic heterocycles. The summed E-state index contributed by atoms with van der Waals surface area (Å²) in [6, 6.07) is 7.86. The third-order valence-electron chi connectivity index (χ3n) is 2.43. The molecular formula is C12H13IN2O. The van der Waals surface area contributed by atoms with Crippen LogP contribution in [0.1, 0.15) is 12.8 Å². The van der Waals surface area contributed by atoms with E-state index in [1.807, 2.05) is 24.3 Å². The van der Waals surface area contributed by atoms with E-state index in [4.69, 9.17) is 0 Å². The molecule has 3 nitrogen and oxygen atoms in total. The lowest BCUT2D eigenvalue weighted by Crippen LogP contribution is -2.36. The van der Waals surface area contributed by atoms with Crippen molar-refractivity contribution in [2.45, 2.75) is 18.9 Å². The van der Waals surface area contributed by atoms with E-state index in [1.165, 1.54) is 0 Å². The van der Waals surface area contributed by atoms with Crippen LogP contribution in [-0.2, 0) is 0 Å². The summed E-state index contributed by atoms with van der Waals surface area (Å²) in [6.45, 7) is 0. The van der Waals surface area contributed by atoms with E-state index in [2.05, 4.69) is 45.4 Å². The number of nitrogens with one attached hydrogen (secondary N) is 2. The Morgan fingerprint density at radius 1 is 1.31 bits per heavy atom. The van der Waals surface area contributed by atoms with Crippen LogP contribution in [0.25, 0.3) is 0 Å². The molecule has 0 fully saturated rings.